The van der Waals surface area contributed by atoms with Crippen LogP contribution in [0.3, 0.4) is 0 Å². The summed E-state index contributed by atoms with van der Waals surface area (Å²) in [5, 5.41) is 7.68. The minimum Gasteiger partial charge on any atom is -0.351 e. The van der Waals surface area contributed by atoms with Crippen LogP contribution < -0.4 is 10.6 Å². The molecule has 4 heterocycles. The molecule has 3 fully saturated rings. The fourth-order valence-corrected chi connectivity index (χ4v) is 7.73. The average molecular weight is 645 g/mol. The molecule has 0 bridgehead atoms. The van der Waals surface area contributed by atoms with Gasteiger partial charge in [0.05, 0.1) is 0 Å². The summed E-state index contributed by atoms with van der Waals surface area (Å²) in [6, 6.07) is 14.1. The predicted molar refractivity (Wildman–Crippen MR) is 183 cm³/mol. The molecule has 10 heteroatoms. The van der Waals surface area contributed by atoms with Crippen LogP contribution in [0.1, 0.15) is 74.6 Å². The first kappa shape index (κ1) is 33.3. The fraction of sp³-hybridized carbons (Fsp3) is 0.595. The summed E-state index contributed by atoms with van der Waals surface area (Å²) in [5.41, 5.74) is 5.67. The minimum atomic E-state index is -0.704. The monoisotopic (exact) mass is 644 g/mol. The van der Waals surface area contributed by atoms with Crippen LogP contribution in [-0.2, 0) is 35.3 Å². The maximum absolute atomic E-state index is 13.9. The van der Waals surface area contributed by atoms with Gasteiger partial charge in [0.15, 0.2) is 0 Å². The number of fused-ring (bicyclic) bond motifs is 1. The Bertz CT molecular complexity index is 1390. The van der Waals surface area contributed by atoms with E-state index in [9.17, 15) is 14.4 Å². The van der Waals surface area contributed by atoms with E-state index in [1.807, 2.05) is 28.0 Å². The van der Waals surface area contributed by atoms with E-state index in [2.05, 4.69) is 53.6 Å². The van der Waals surface area contributed by atoms with E-state index in [0.717, 1.165) is 49.2 Å². The van der Waals surface area contributed by atoms with Crippen molar-refractivity contribution in [2.24, 2.45) is 0 Å². The Morgan fingerprint density at radius 1 is 0.894 bits per heavy atom. The Morgan fingerprint density at radius 2 is 1.62 bits per heavy atom. The maximum Gasteiger partial charge on any atom is 0.426 e. The number of nitrogens with one attached hydrogen (secondary N) is 2. The predicted octanol–water partition coefficient (Wildman–Crippen LogP) is 5.01. The number of anilines is 1. The van der Waals surface area contributed by atoms with E-state index in [-0.39, 0.29) is 18.0 Å². The van der Waals surface area contributed by atoms with Crippen LogP contribution in [0, 0.1) is 0 Å². The van der Waals surface area contributed by atoms with E-state index in [1.54, 1.807) is 5.06 Å². The van der Waals surface area contributed by atoms with Crippen molar-refractivity contribution in [1.82, 2.24) is 25.1 Å². The highest BCUT2D eigenvalue weighted by Gasteiger charge is 2.39. The number of piperidine rings is 1. The molecule has 2 aromatic rings. The number of rotatable bonds is 9. The molecule has 2 N–H and O–H groups in total. The average Bonchev–Trinajstić information content (AvgIpc) is 3.43. The molecule has 0 aliphatic carbocycles. The molecule has 0 radical (unpaired) electrons. The summed E-state index contributed by atoms with van der Waals surface area (Å²) in [6.45, 7) is 9.66. The molecule has 2 aromatic carbocycles. The molecule has 0 aromatic heterocycles. The molecule has 254 valence electrons. The number of hydrogen-bond acceptors (Lipinski definition) is 6. The third kappa shape index (κ3) is 8.09. The Kier molecular flexibility index (Phi) is 11.0. The van der Waals surface area contributed by atoms with Crippen molar-refractivity contribution >= 4 is 23.7 Å². The van der Waals surface area contributed by atoms with Gasteiger partial charge in [-0.25, -0.2) is 9.59 Å². The zero-order valence-corrected chi connectivity index (χ0v) is 28.2. The van der Waals surface area contributed by atoms with Gasteiger partial charge in [0.1, 0.15) is 6.04 Å². The second-order valence-corrected chi connectivity index (χ2v) is 13.6. The van der Waals surface area contributed by atoms with Gasteiger partial charge >= 0.3 is 12.1 Å². The second kappa shape index (κ2) is 15.5. The van der Waals surface area contributed by atoms with Crippen LogP contribution in [-0.4, -0.2) is 102 Å². The molecule has 1 atom stereocenters. The summed E-state index contributed by atoms with van der Waals surface area (Å²) in [7, 11) is 0. The lowest BCUT2D eigenvalue weighted by Gasteiger charge is -2.46. The lowest BCUT2D eigenvalue weighted by atomic mass is 9.95. The van der Waals surface area contributed by atoms with Gasteiger partial charge in [-0.05, 0) is 86.4 Å². The van der Waals surface area contributed by atoms with Crippen molar-refractivity contribution in [1.29, 1.82) is 0 Å². The van der Waals surface area contributed by atoms with Crippen molar-refractivity contribution in [2.75, 3.05) is 51.1 Å². The van der Waals surface area contributed by atoms with Gasteiger partial charge in [-0.1, -0.05) is 63.1 Å². The molecule has 0 saturated carbocycles. The second-order valence-electron chi connectivity index (χ2n) is 13.6. The standard InChI is InChI=1S/C37H52N6O4/c1-3-28-14-13-27(23-29(28)4-2)24-34(35(44)41-25-32(26-41)40-18-9-5-6-10-19-40)39-37(46)47-42-20-16-31(17-21-42)43-22-15-30-11-7-8-12-33(30)38-36(43)45/h7-8,11-14,23,31-32,34H,3-6,9-10,15-22,24-26H2,1-2H3,(H,38,45)(H,39,46)/t34-/m1/s1. The van der Waals surface area contributed by atoms with E-state index < -0.39 is 12.1 Å². The van der Waals surface area contributed by atoms with E-state index in [4.69, 9.17) is 4.84 Å². The number of carbonyl (C=O) groups is 3. The third-order valence-electron chi connectivity index (χ3n) is 10.6. The zero-order valence-electron chi connectivity index (χ0n) is 28.2. The first-order chi connectivity index (χ1) is 22.9. The Balaban J connectivity index is 1.05. The van der Waals surface area contributed by atoms with Gasteiger partial charge < -0.3 is 25.3 Å². The highest BCUT2D eigenvalue weighted by Crippen LogP contribution is 2.25. The molecule has 0 unspecified atom stereocenters. The van der Waals surface area contributed by atoms with Crippen LogP contribution in [0.25, 0.3) is 0 Å². The van der Waals surface area contributed by atoms with Crippen molar-refractivity contribution in [3.63, 3.8) is 0 Å². The summed E-state index contributed by atoms with van der Waals surface area (Å²) in [6.07, 6.45) is 8.96. The largest absolute Gasteiger partial charge is 0.426 e. The molecule has 4 amide bonds. The normalized spacial score (nSPS) is 20.8. The van der Waals surface area contributed by atoms with Crippen molar-refractivity contribution in [3.05, 3.63) is 64.7 Å². The molecular weight excluding hydrogens is 592 g/mol. The Labute approximate surface area is 279 Å². The fourth-order valence-electron chi connectivity index (χ4n) is 7.73. The summed E-state index contributed by atoms with van der Waals surface area (Å²) in [5.74, 6) is -0.0440. The van der Waals surface area contributed by atoms with Crippen LogP contribution in [0.15, 0.2) is 42.5 Å². The van der Waals surface area contributed by atoms with Crippen molar-refractivity contribution in [3.8, 4) is 0 Å². The summed E-state index contributed by atoms with van der Waals surface area (Å²) >= 11 is 0. The lowest BCUT2D eigenvalue weighted by molar-refractivity contribution is -0.142. The van der Waals surface area contributed by atoms with E-state index in [1.165, 1.54) is 36.8 Å². The number of carbonyl (C=O) groups excluding carboxylic acids is 3. The molecule has 3 saturated heterocycles. The number of urea groups is 1. The Hall–Kier alpha value is -3.63. The molecule has 10 nitrogen and oxygen atoms in total. The maximum atomic E-state index is 13.9. The number of amides is 4. The van der Waals surface area contributed by atoms with Gasteiger partial charge in [0, 0.05) is 56.9 Å². The number of likely N-dealkylation sites (tertiary alicyclic amines) is 2. The molecule has 47 heavy (non-hydrogen) atoms. The third-order valence-corrected chi connectivity index (χ3v) is 10.6. The first-order valence-corrected chi connectivity index (χ1v) is 17.9. The molecule has 6 rings (SSSR count). The number of hydroxylamine groups is 2. The van der Waals surface area contributed by atoms with Crippen LogP contribution in [0.4, 0.5) is 15.3 Å². The van der Waals surface area contributed by atoms with Gasteiger partial charge in [0.2, 0.25) is 5.91 Å². The van der Waals surface area contributed by atoms with Crippen LogP contribution in [0.2, 0.25) is 0 Å². The molecule has 4 aliphatic rings. The number of benzene rings is 2. The lowest BCUT2D eigenvalue weighted by Crippen LogP contribution is -2.64. The topological polar surface area (TPSA) is 97.5 Å². The summed E-state index contributed by atoms with van der Waals surface area (Å²) < 4.78 is 0. The highest BCUT2D eigenvalue weighted by molar-refractivity contribution is 5.91. The minimum absolute atomic E-state index is 0.0440. The molecule has 4 aliphatic heterocycles. The zero-order chi connectivity index (χ0) is 32.8. The van der Waals surface area contributed by atoms with Crippen molar-refractivity contribution in [2.45, 2.75) is 96.2 Å². The number of para-hydroxylation sites is 1. The van der Waals surface area contributed by atoms with Gasteiger partial charge in [-0.2, -0.15) is 0 Å². The smallest absolute Gasteiger partial charge is 0.351 e. The summed E-state index contributed by atoms with van der Waals surface area (Å²) in [4.78, 5) is 52.3. The van der Waals surface area contributed by atoms with Crippen LogP contribution >= 0.6 is 0 Å². The van der Waals surface area contributed by atoms with E-state index >= 15 is 0 Å². The molecule has 0 spiro atoms. The van der Waals surface area contributed by atoms with E-state index in [0.29, 0.717) is 58.0 Å². The van der Waals surface area contributed by atoms with Crippen LogP contribution in [0.5, 0.6) is 0 Å². The highest BCUT2D eigenvalue weighted by atomic mass is 16.7. The van der Waals surface area contributed by atoms with Gasteiger partial charge in [-0.15, -0.1) is 5.06 Å². The van der Waals surface area contributed by atoms with Gasteiger partial charge in [-0.3, -0.25) is 9.69 Å². The number of aryl methyl sites for hydroxylation is 2. The number of hydrogen-bond donors (Lipinski definition) is 2. The Morgan fingerprint density at radius 3 is 2.34 bits per heavy atom. The van der Waals surface area contributed by atoms with Crippen molar-refractivity contribution < 1.29 is 19.2 Å². The SMILES string of the molecule is CCc1ccc(C[C@@H](NC(=O)ON2CCC(N3CCc4ccccc4NC3=O)CC2)C(=O)N2CC(N3CCCCCC3)C2)cc1CC. The quantitative estimate of drug-likeness (QED) is 0.399. The first-order valence-electron chi connectivity index (χ1n) is 17.9. The van der Waals surface area contributed by atoms with Gasteiger partial charge in [0.25, 0.3) is 0 Å². The molecular formula is C37H52N6O4. The number of nitrogens with zero attached hydrogens (tertiary/aromatic N) is 4.